The molecule has 3 N–H and O–H groups in total. The fourth-order valence-corrected chi connectivity index (χ4v) is 5.08. The monoisotopic (exact) mass is 416 g/mol. The lowest BCUT2D eigenvalue weighted by Gasteiger charge is -2.29. The summed E-state index contributed by atoms with van der Waals surface area (Å²) in [5.74, 6) is 0.206. The molecule has 2 aliphatic rings. The van der Waals surface area contributed by atoms with Crippen LogP contribution in [-0.4, -0.2) is 28.1 Å². The highest BCUT2D eigenvalue weighted by molar-refractivity contribution is 5.87. The average molecular weight is 417 g/mol. The lowest BCUT2D eigenvalue weighted by Crippen LogP contribution is -2.41. The summed E-state index contributed by atoms with van der Waals surface area (Å²) in [7, 11) is 0. The number of aromatic amines is 1. The number of benzene rings is 2. The lowest BCUT2D eigenvalue weighted by molar-refractivity contribution is -0.126. The van der Waals surface area contributed by atoms with E-state index in [0.29, 0.717) is 6.42 Å². The Morgan fingerprint density at radius 3 is 2.58 bits per heavy atom. The predicted octanol–water partition coefficient (Wildman–Crippen LogP) is 3.58. The van der Waals surface area contributed by atoms with Crippen LogP contribution in [0.5, 0.6) is 0 Å². The van der Waals surface area contributed by atoms with Gasteiger partial charge in [0, 0.05) is 17.3 Å². The molecule has 1 aromatic heterocycles. The van der Waals surface area contributed by atoms with Crippen molar-refractivity contribution in [1.29, 1.82) is 0 Å². The van der Waals surface area contributed by atoms with E-state index in [1.54, 1.807) is 0 Å². The van der Waals surface area contributed by atoms with Crippen LogP contribution in [0.15, 0.2) is 48.5 Å². The Labute approximate surface area is 181 Å². The molecule has 5 rings (SSSR count). The van der Waals surface area contributed by atoms with Crippen molar-refractivity contribution < 1.29 is 9.59 Å². The first kappa shape index (κ1) is 19.8. The van der Waals surface area contributed by atoms with E-state index < -0.39 is 0 Å². The number of hydrogen-bond donors (Lipinski definition) is 3. The molecule has 0 aliphatic heterocycles. The van der Waals surface area contributed by atoms with E-state index in [1.165, 1.54) is 11.1 Å². The van der Waals surface area contributed by atoms with Gasteiger partial charge in [0.05, 0.1) is 23.7 Å². The molecule has 6 nitrogen and oxygen atoms in total. The van der Waals surface area contributed by atoms with Crippen molar-refractivity contribution in [2.75, 3.05) is 0 Å². The Bertz CT molecular complexity index is 1100. The summed E-state index contributed by atoms with van der Waals surface area (Å²) in [4.78, 5) is 25.4. The molecule has 1 saturated carbocycles. The van der Waals surface area contributed by atoms with Gasteiger partial charge in [0.15, 0.2) is 0 Å². The molecule has 31 heavy (non-hydrogen) atoms. The Morgan fingerprint density at radius 1 is 0.935 bits per heavy atom. The molecule has 2 aliphatic carbocycles. The maximum absolute atomic E-state index is 12.8. The van der Waals surface area contributed by atoms with Crippen molar-refractivity contribution in [1.82, 2.24) is 20.8 Å². The van der Waals surface area contributed by atoms with Gasteiger partial charge in [0.2, 0.25) is 11.8 Å². The van der Waals surface area contributed by atoms with Crippen LogP contribution in [0.3, 0.4) is 0 Å². The largest absolute Gasteiger partial charge is 0.353 e. The van der Waals surface area contributed by atoms with Gasteiger partial charge in [0.1, 0.15) is 0 Å². The summed E-state index contributed by atoms with van der Waals surface area (Å²) < 4.78 is 0. The van der Waals surface area contributed by atoms with Crippen LogP contribution >= 0.6 is 0 Å². The normalized spacial score (nSPS) is 22.8. The summed E-state index contributed by atoms with van der Waals surface area (Å²) in [5, 5.41) is 14.6. The molecule has 0 spiro atoms. The van der Waals surface area contributed by atoms with Gasteiger partial charge in [-0.05, 0) is 55.7 Å². The fraction of sp³-hybridized carbons (Fsp3) is 0.400. The number of para-hydroxylation sites is 1. The minimum absolute atomic E-state index is 0.00451. The van der Waals surface area contributed by atoms with E-state index in [-0.39, 0.29) is 29.8 Å². The maximum atomic E-state index is 12.8. The first-order valence-electron chi connectivity index (χ1n) is 11.3. The Hall–Kier alpha value is -3.15. The number of nitrogens with zero attached hydrogens (tertiary/aromatic N) is 1. The molecule has 0 bridgehead atoms. The Balaban J connectivity index is 1.10. The molecular formula is C25H28N4O2. The number of fused-ring (bicyclic) bond motifs is 2. The highest BCUT2D eigenvalue weighted by atomic mass is 16.2. The molecule has 1 atom stereocenters. The van der Waals surface area contributed by atoms with Crippen LogP contribution in [0.4, 0.5) is 0 Å². The SMILES string of the molecule is O=C(Cc1[nH]nc2ccccc12)NC1CCC(C(=O)NC2CCc3ccccc32)CC1. The van der Waals surface area contributed by atoms with Gasteiger partial charge in [-0.15, -0.1) is 0 Å². The zero-order valence-electron chi connectivity index (χ0n) is 17.6. The van der Waals surface area contributed by atoms with Gasteiger partial charge < -0.3 is 10.6 Å². The standard InChI is InChI=1S/C25H28N4O2/c30-24(15-23-20-7-3-4-8-22(20)28-29-23)26-18-12-9-17(10-13-18)25(31)27-21-14-11-16-5-1-2-6-19(16)21/h1-8,17-18,21H,9-15H2,(H,26,30)(H,27,31)(H,28,29). The summed E-state index contributed by atoms with van der Waals surface area (Å²) in [6, 6.07) is 16.5. The summed E-state index contributed by atoms with van der Waals surface area (Å²) >= 11 is 0. The fourth-order valence-electron chi connectivity index (χ4n) is 5.08. The van der Waals surface area contributed by atoms with Crippen molar-refractivity contribution in [3.05, 3.63) is 65.4 Å². The zero-order chi connectivity index (χ0) is 21.2. The number of nitrogens with one attached hydrogen (secondary N) is 3. The first-order valence-corrected chi connectivity index (χ1v) is 11.3. The van der Waals surface area contributed by atoms with Gasteiger partial charge >= 0.3 is 0 Å². The van der Waals surface area contributed by atoms with E-state index in [0.717, 1.165) is 55.1 Å². The van der Waals surface area contributed by atoms with Crippen LogP contribution in [0.1, 0.15) is 55.0 Å². The summed E-state index contributed by atoms with van der Waals surface area (Å²) in [6.45, 7) is 0. The molecular weight excluding hydrogens is 388 g/mol. The van der Waals surface area contributed by atoms with Crippen molar-refractivity contribution in [3.63, 3.8) is 0 Å². The van der Waals surface area contributed by atoms with Gasteiger partial charge in [-0.1, -0.05) is 42.5 Å². The lowest BCUT2D eigenvalue weighted by atomic mass is 9.85. The van der Waals surface area contributed by atoms with Crippen LogP contribution in [0, 0.1) is 5.92 Å². The average Bonchev–Trinajstić information content (AvgIpc) is 3.39. The van der Waals surface area contributed by atoms with Crippen LogP contribution in [0.2, 0.25) is 0 Å². The second kappa shape index (κ2) is 8.53. The van der Waals surface area contributed by atoms with Crippen LogP contribution < -0.4 is 10.6 Å². The van der Waals surface area contributed by atoms with Crippen LogP contribution in [0.25, 0.3) is 10.9 Å². The number of carbonyl (C=O) groups is 2. The molecule has 1 fully saturated rings. The van der Waals surface area contributed by atoms with E-state index in [1.807, 2.05) is 30.3 Å². The minimum atomic E-state index is 0.00451. The van der Waals surface area contributed by atoms with Crippen LogP contribution in [-0.2, 0) is 22.4 Å². The Morgan fingerprint density at radius 2 is 1.71 bits per heavy atom. The van der Waals surface area contributed by atoms with E-state index in [9.17, 15) is 9.59 Å². The number of H-pyrrole nitrogens is 1. The highest BCUT2D eigenvalue weighted by Gasteiger charge is 2.30. The number of carbonyl (C=O) groups excluding carboxylic acids is 2. The third-order valence-electron chi connectivity index (χ3n) is 6.79. The number of rotatable bonds is 5. The van der Waals surface area contributed by atoms with Gasteiger partial charge in [-0.3, -0.25) is 14.7 Å². The molecule has 2 aromatic carbocycles. The molecule has 3 aromatic rings. The molecule has 160 valence electrons. The molecule has 1 unspecified atom stereocenters. The second-order valence-corrected chi connectivity index (χ2v) is 8.81. The Kier molecular flexibility index (Phi) is 5.45. The smallest absolute Gasteiger partial charge is 0.226 e. The third-order valence-corrected chi connectivity index (χ3v) is 6.79. The highest BCUT2D eigenvalue weighted by Crippen LogP contribution is 2.32. The molecule has 1 heterocycles. The quantitative estimate of drug-likeness (QED) is 0.594. The zero-order valence-corrected chi connectivity index (χ0v) is 17.6. The van der Waals surface area contributed by atoms with Crippen molar-refractivity contribution >= 4 is 22.7 Å². The number of aryl methyl sites for hydroxylation is 1. The molecule has 6 heteroatoms. The topological polar surface area (TPSA) is 86.9 Å². The predicted molar refractivity (Wildman–Crippen MR) is 119 cm³/mol. The number of amides is 2. The van der Waals surface area contributed by atoms with Gasteiger partial charge in [0.25, 0.3) is 0 Å². The van der Waals surface area contributed by atoms with Gasteiger partial charge in [-0.2, -0.15) is 5.10 Å². The molecule has 2 amide bonds. The van der Waals surface area contributed by atoms with Crippen molar-refractivity contribution in [2.45, 2.75) is 57.0 Å². The summed E-state index contributed by atoms with van der Waals surface area (Å²) in [5.41, 5.74) is 4.34. The number of aromatic nitrogens is 2. The number of hydrogen-bond acceptors (Lipinski definition) is 3. The first-order chi connectivity index (χ1) is 15.2. The van der Waals surface area contributed by atoms with Gasteiger partial charge in [-0.25, -0.2) is 0 Å². The van der Waals surface area contributed by atoms with Crippen molar-refractivity contribution in [3.8, 4) is 0 Å². The van der Waals surface area contributed by atoms with E-state index in [4.69, 9.17) is 0 Å². The molecule has 0 saturated heterocycles. The van der Waals surface area contributed by atoms with E-state index in [2.05, 4.69) is 39.0 Å². The van der Waals surface area contributed by atoms with Crippen molar-refractivity contribution in [2.24, 2.45) is 5.92 Å². The maximum Gasteiger partial charge on any atom is 0.226 e. The minimum Gasteiger partial charge on any atom is -0.353 e. The molecule has 0 radical (unpaired) electrons. The third kappa shape index (κ3) is 4.20. The van der Waals surface area contributed by atoms with E-state index >= 15 is 0 Å². The second-order valence-electron chi connectivity index (χ2n) is 8.81. The summed E-state index contributed by atoms with van der Waals surface area (Å²) in [6.07, 6.45) is 5.63.